The summed E-state index contributed by atoms with van der Waals surface area (Å²) < 4.78 is 18.6. The van der Waals surface area contributed by atoms with Crippen LogP contribution in [-0.2, 0) is 12.7 Å². The lowest BCUT2D eigenvalue weighted by molar-refractivity contribution is 0.0965. The molecule has 0 radical (unpaired) electrons. The van der Waals surface area contributed by atoms with Crippen molar-refractivity contribution in [2.45, 2.75) is 77.5 Å². The number of hydrogen-bond acceptors (Lipinski definition) is 3. The Labute approximate surface area is 116 Å². The van der Waals surface area contributed by atoms with Crippen LogP contribution in [0.15, 0.2) is 0 Å². The third-order valence-electron chi connectivity index (χ3n) is 2.76. The van der Waals surface area contributed by atoms with E-state index in [0.29, 0.717) is 6.10 Å². The summed E-state index contributed by atoms with van der Waals surface area (Å²) in [5.41, 5.74) is 0. The quantitative estimate of drug-likeness (QED) is 0.699. The van der Waals surface area contributed by atoms with Gasteiger partial charge in [-0.25, -0.2) is 0 Å². The van der Waals surface area contributed by atoms with Crippen LogP contribution in [0.2, 0.25) is 39.3 Å². The molecule has 0 saturated heterocycles. The molecule has 0 heterocycles. The maximum atomic E-state index is 6.21. The Bertz CT molecular complexity index is 226. The fourth-order valence-corrected chi connectivity index (χ4v) is 8.29. The van der Waals surface area contributed by atoms with Crippen molar-refractivity contribution >= 4 is 26.2 Å². The van der Waals surface area contributed by atoms with E-state index in [0.717, 1.165) is 0 Å². The molecule has 0 bridgehead atoms. The standard InChI is InChI=1S/C12H30O3Si3/c1-17(2,3)14-16(15-18(4,5)6)13-12-10-8-7-9-11-12/h12,16H,7-11H2,1-6H3. The van der Waals surface area contributed by atoms with Crippen LogP contribution in [0.3, 0.4) is 0 Å². The lowest BCUT2D eigenvalue weighted by Gasteiger charge is -2.33. The second-order valence-corrected chi connectivity index (χ2v) is 18.3. The summed E-state index contributed by atoms with van der Waals surface area (Å²) in [6, 6.07) is 0. The molecule has 0 aliphatic heterocycles. The van der Waals surface area contributed by atoms with Gasteiger partial charge in [0, 0.05) is 6.10 Å². The summed E-state index contributed by atoms with van der Waals surface area (Å²) in [6.07, 6.45) is 6.72. The summed E-state index contributed by atoms with van der Waals surface area (Å²) in [6.45, 7) is 13.3. The van der Waals surface area contributed by atoms with Crippen molar-refractivity contribution in [3.8, 4) is 0 Å². The largest absolute Gasteiger partial charge is 0.463 e. The fourth-order valence-electron chi connectivity index (χ4n) is 2.02. The molecule has 0 spiro atoms. The van der Waals surface area contributed by atoms with Crippen molar-refractivity contribution in [3.63, 3.8) is 0 Å². The van der Waals surface area contributed by atoms with E-state index >= 15 is 0 Å². The van der Waals surface area contributed by atoms with Crippen LogP contribution in [0.25, 0.3) is 0 Å². The minimum atomic E-state index is -1.93. The Kier molecular flexibility index (Phi) is 6.27. The summed E-state index contributed by atoms with van der Waals surface area (Å²) in [5, 5.41) is 0. The average Bonchev–Trinajstić information content (AvgIpc) is 2.13. The zero-order valence-corrected chi connectivity index (χ0v) is 16.1. The molecule has 1 aliphatic carbocycles. The van der Waals surface area contributed by atoms with Crippen LogP contribution in [0.5, 0.6) is 0 Å². The Morgan fingerprint density at radius 1 is 0.778 bits per heavy atom. The zero-order chi connectivity index (χ0) is 13.8. The van der Waals surface area contributed by atoms with Gasteiger partial charge in [0.2, 0.25) is 0 Å². The molecule has 3 nitrogen and oxygen atoms in total. The van der Waals surface area contributed by atoms with Gasteiger partial charge in [0.1, 0.15) is 0 Å². The van der Waals surface area contributed by atoms with E-state index in [2.05, 4.69) is 39.3 Å². The summed E-state index contributed by atoms with van der Waals surface area (Å²) in [7, 11) is -5.07. The summed E-state index contributed by atoms with van der Waals surface area (Å²) in [4.78, 5) is 0. The molecule has 0 aromatic rings. The third kappa shape index (κ3) is 7.85. The zero-order valence-electron chi connectivity index (χ0n) is 12.9. The monoisotopic (exact) mass is 306 g/mol. The molecule has 6 heteroatoms. The van der Waals surface area contributed by atoms with E-state index < -0.39 is 26.2 Å². The first kappa shape index (κ1) is 16.6. The molecule has 0 N–H and O–H groups in total. The lowest BCUT2D eigenvalue weighted by Crippen LogP contribution is -2.46. The minimum absolute atomic E-state index is 0.392. The Morgan fingerprint density at radius 2 is 1.22 bits per heavy atom. The van der Waals surface area contributed by atoms with E-state index in [-0.39, 0.29) is 0 Å². The van der Waals surface area contributed by atoms with Crippen LogP contribution >= 0.6 is 0 Å². The summed E-state index contributed by atoms with van der Waals surface area (Å²) >= 11 is 0. The molecule has 108 valence electrons. The van der Waals surface area contributed by atoms with Gasteiger partial charge in [-0.1, -0.05) is 19.3 Å². The highest BCUT2D eigenvalue weighted by Crippen LogP contribution is 2.23. The fraction of sp³-hybridized carbons (Fsp3) is 1.00. The minimum Gasteiger partial charge on any atom is -0.419 e. The first-order chi connectivity index (χ1) is 8.16. The van der Waals surface area contributed by atoms with Crippen molar-refractivity contribution in [1.29, 1.82) is 0 Å². The van der Waals surface area contributed by atoms with E-state index in [4.69, 9.17) is 12.7 Å². The molecular formula is C12H30O3Si3. The predicted molar refractivity (Wildman–Crippen MR) is 84.0 cm³/mol. The molecule has 1 saturated carbocycles. The number of hydrogen-bond donors (Lipinski definition) is 0. The molecule has 0 aromatic carbocycles. The van der Waals surface area contributed by atoms with Gasteiger partial charge in [-0.05, 0) is 52.1 Å². The van der Waals surface area contributed by atoms with Crippen molar-refractivity contribution in [1.82, 2.24) is 0 Å². The van der Waals surface area contributed by atoms with Crippen LogP contribution in [-0.4, -0.2) is 32.3 Å². The van der Waals surface area contributed by atoms with Gasteiger partial charge in [-0.2, -0.15) is 0 Å². The molecule has 18 heavy (non-hydrogen) atoms. The highest BCUT2D eigenvalue weighted by molar-refractivity contribution is 6.79. The van der Waals surface area contributed by atoms with Crippen molar-refractivity contribution in [3.05, 3.63) is 0 Å². The van der Waals surface area contributed by atoms with Crippen LogP contribution < -0.4 is 0 Å². The van der Waals surface area contributed by atoms with E-state index in [9.17, 15) is 0 Å². The van der Waals surface area contributed by atoms with Gasteiger partial charge in [-0.15, -0.1) is 0 Å². The van der Waals surface area contributed by atoms with Gasteiger partial charge in [0.05, 0.1) is 0 Å². The topological polar surface area (TPSA) is 27.7 Å². The molecule has 1 fully saturated rings. The van der Waals surface area contributed by atoms with Gasteiger partial charge in [-0.3, -0.25) is 0 Å². The Balaban J connectivity index is 2.53. The van der Waals surface area contributed by atoms with Gasteiger partial charge in [0.15, 0.2) is 16.6 Å². The molecule has 1 rings (SSSR count). The van der Waals surface area contributed by atoms with Gasteiger partial charge < -0.3 is 12.7 Å². The van der Waals surface area contributed by atoms with E-state index in [1.165, 1.54) is 32.1 Å². The molecule has 0 atom stereocenters. The first-order valence-electron chi connectivity index (χ1n) is 7.17. The number of rotatable bonds is 6. The Hall–Kier alpha value is 0.531. The SMILES string of the molecule is C[Si](C)(C)O[SiH](OC1CCCCC1)O[Si](C)(C)C. The van der Waals surface area contributed by atoms with Crippen LogP contribution in [0, 0.1) is 0 Å². The van der Waals surface area contributed by atoms with Gasteiger partial charge in [0.25, 0.3) is 0 Å². The smallest absolute Gasteiger partial charge is 0.419 e. The molecule has 1 aliphatic rings. The third-order valence-corrected chi connectivity index (χ3v) is 10.6. The highest BCUT2D eigenvalue weighted by Gasteiger charge is 2.32. The molecule has 0 aromatic heterocycles. The molecule has 0 unspecified atom stereocenters. The van der Waals surface area contributed by atoms with E-state index in [1.54, 1.807) is 0 Å². The van der Waals surface area contributed by atoms with Crippen molar-refractivity contribution in [2.24, 2.45) is 0 Å². The maximum Gasteiger partial charge on any atom is 0.463 e. The van der Waals surface area contributed by atoms with E-state index in [1.807, 2.05) is 0 Å². The van der Waals surface area contributed by atoms with Crippen molar-refractivity contribution < 1.29 is 12.7 Å². The normalized spacial score (nSPS) is 19.5. The van der Waals surface area contributed by atoms with Crippen LogP contribution in [0.1, 0.15) is 32.1 Å². The molecule has 0 amide bonds. The lowest BCUT2D eigenvalue weighted by atomic mass is 9.98. The first-order valence-corrected chi connectivity index (χ1v) is 15.4. The Morgan fingerprint density at radius 3 is 1.61 bits per heavy atom. The second kappa shape index (κ2) is 6.81. The average molecular weight is 307 g/mol. The second-order valence-electron chi connectivity index (χ2n) is 7.15. The maximum absolute atomic E-state index is 6.21. The van der Waals surface area contributed by atoms with Crippen molar-refractivity contribution in [2.75, 3.05) is 0 Å². The van der Waals surface area contributed by atoms with Crippen LogP contribution in [0.4, 0.5) is 0 Å². The molecular weight excluding hydrogens is 276 g/mol. The van der Waals surface area contributed by atoms with Gasteiger partial charge >= 0.3 is 9.53 Å². The highest BCUT2D eigenvalue weighted by atomic mass is 28.5. The summed E-state index contributed by atoms with van der Waals surface area (Å²) in [5.74, 6) is 0. The predicted octanol–water partition coefficient (Wildman–Crippen LogP) is 3.76.